The lowest BCUT2D eigenvalue weighted by Crippen LogP contribution is -2.28. The third-order valence-corrected chi connectivity index (χ3v) is 15.1. The van der Waals surface area contributed by atoms with Crippen LogP contribution in [0.3, 0.4) is 0 Å². The Morgan fingerprint density at radius 1 is 0.288 bits per heavy atom. The van der Waals surface area contributed by atoms with Crippen molar-refractivity contribution in [2.24, 2.45) is 0 Å². The normalized spacial score (nSPS) is 12.5. The van der Waals surface area contributed by atoms with Crippen LogP contribution in [0.4, 0.5) is 17.1 Å². The van der Waals surface area contributed by atoms with Crippen molar-refractivity contribution in [1.29, 1.82) is 0 Å². The van der Waals surface area contributed by atoms with E-state index < -0.39 is 5.41 Å². The van der Waals surface area contributed by atoms with Gasteiger partial charge < -0.3 is 9.32 Å². The topological polar surface area (TPSA) is 16.4 Å². The molecule has 0 fully saturated rings. The number of fused-ring (bicyclic) bond motifs is 7. The summed E-state index contributed by atoms with van der Waals surface area (Å²) in [7, 11) is 0. The molecule has 1 aliphatic carbocycles. The predicted molar refractivity (Wildman–Crippen MR) is 305 cm³/mol. The first-order valence-corrected chi connectivity index (χ1v) is 25.1. The fourth-order valence-electron chi connectivity index (χ4n) is 11.8. The lowest BCUT2D eigenvalue weighted by molar-refractivity contribution is 0.670. The van der Waals surface area contributed by atoms with Crippen molar-refractivity contribution in [3.8, 4) is 55.6 Å². The van der Waals surface area contributed by atoms with Crippen molar-refractivity contribution in [3.63, 3.8) is 0 Å². The van der Waals surface area contributed by atoms with Gasteiger partial charge in [-0.15, -0.1) is 0 Å². The van der Waals surface area contributed by atoms with Crippen LogP contribution in [-0.2, 0) is 5.41 Å². The third kappa shape index (κ3) is 7.02. The van der Waals surface area contributed by atoms with Crippen LogP contribution in [0.5, 0.6) is 0 Å². The molecule has 0 spiro atoms. The molecule has 0 unspecified atom stereocenters. The standard InChI is InChI=1S/C71H47NO/c1-4-17-48(18-5-1)51-33-35-54-46-52(34-36-53(54)45-51)49-37-41-58(42-38-49)72(59-43-39-50(40-44-59)62-28-15-29-64-63-25-11-13-32-68(63)73-70(62)64)60-24-14-19-55(47-60)61-27-16-31-67-69(61)65-26-10-12-30-66(65)71(67,56-20-6-2-7-21-56)57-22-8-3-9-23-57/h1-47H. The van der Waals surface area contributed by atoms with Crippen LogP contribution in [0.2, 0.25) is 0 Å². The lowest BCUT2D eigenvalue weighted by atomic mass is 9.67. The minimum absolute atomic E-state index is 0.486. The van der Waals surface area contributed by atoms with Gasteiger partial charge in [0.2, 0.25) is 0 Å². The van der Waals surface area contributed by atoms with Gasteiger partial charge in [-0.25, -0.2) is 0 Å². The molecule has 73 heavy (non-hydrogen) atoms. The fourth-order valence-corrected chi connectivity index (χ4v) is 11.8. The molecule has 0 saturated carbocycles. The van der Waals surface area contributed by atoms with E-state index in [1.54, 1.807) is 0 Å². The number of benzene rings is 12. The SMILES string of the molecule is c1ccc(-c2ccc3cc(-c4ccc(N(c5ccc(-c6cccc7c6oc6ccccc67)cc5)c5cccc(-c6cccc7c6-c6ccccc6C7(c6ccccc6)c6ccccc6)c5)cc4)ccc3c2)cc1. The van der Waals surface area contributed by atoms with Gasteiger partial charge in [0.1, 0.15) is 11.2 Å². The van der Waals surface area contributed by atoms with Gasteiger partial charge in [-0.1, -0.05) is 231 Å². The Hall–Kier alpha value is -9.50. The number of nitrogens with zero attached hydrogens (tertiary/aromatic N) is 1. The highest BCUT2D eigenvalue weighted by Crippen LogP contribution is 2.58. The summed E-state index contributed by atoms with van der Waals surface area (Å²) in [4.78, 5) is 2.39. The molecular weight excluding hydrogens is 883 g/mol. The smallest absolute Gasteiger partial charge is 0.143 e. The third-order valence-electron chi connectivity index (χ3n) is 15.1. The van der Waals surface area contributed by atoms with Gasteiger partial charge in [0.05, 0.1) is 5.41 Å². The number of furan rings is 1. The van der Waals surface area contributed by atoms with Crippen molar-refractivity contribution >= 4 is 49.8 Å². The molecular formula is C71H47NO. The van der Waals surface area contributed by atoms with E-state index in [4.69, 9.17) is 4.42 Å². The second kappa shape index (κ2) is 17.4. The number of hydrogen-bond acceptors (Lipinski definition) is 2. The monoisotopic (exact) mass is 929 g/mol. The highest BCUT2D eigenvalue weighted by Gasteiger charge is 2.46. The minimum atomic E-state index is -0.486. The zero-order valence-electron chi connectivity index (χ0n) is 40.0. The first-order valence-electron chi connectivity index (χ1n) is 25.1. The van der Waals surface area contributed by atoms with E-state index in [1.165, 1.54) is 72.0 Å². The van der Waals surface area contributed by atoms with Crippen LogP contribution in [0.15, 0.2) is 290 Å². The minimum Gasteiger partial charge on any atom is -0.455 e. The molecule has 0 amide bonds. The van der Waals surface area contributed by atoms with Gasteiger partial charge >= 0.3 is 0 Å². The second-order valence-electron chi connectivity index (χ2n) is 19.2. The Morgan fingerprint density at radius 3 is 1.48 bits per heavy atom. The molecule has 2 nitrogen and oxygen atoms in total. The molecule has 14 rings (SSSR count). The quantitative estimate of drug-likeness (QED) is 0.143. The number of hydrogen-bond donors (Lipinski definition) is 0. The average Bonchev–Trinajstić information content (AvgIpc) is 4.05. The summed E-state index contributed by atoms with van der Waals surface area (Å²) in [5, 5.41) is 4.70. The summed E-state index contributed by atoms with van der Waals surface area (Å²) in [5.74, 6) is 0. The molecule has 0 saturated heterocycles. The van der Waals surface area contributed by atoms with Gasteiger partial charge in [0.15, 0.2) is 0 Å². The van der Waals surface area contributed by atoms with Gasteiger partial charge in [0.25, 0.3) is 0 Å². The van der Waals surface area contributed by atoms with E-state index >= 15 is 0 Å². The van der Waals surface area contributed by atoms with Crippen LogP contribution < -0.4 is 4.90 Å². The number of para-hydroxylation sites is 2. The molecule has 0 radical (unpaired) electrons. The Morgan fingerprint density at radius 2 is 0.781 bits per heavy atom. The number of rotatable bonds is 9. The molecule has 0 aliphatic heterocycles. The van der Waals surface area contributed by atoms with Crippen LogP contribution in [0, 0.1) is 0 Å². The molecule has 2 heteroatoms. The van der Waals surface area contributed by atoms with Crippen LogP contribution >= 0.6 is 0 Å². The zero-order chi connectivity index (χ0) is 48.3. The second-order valence-corrected chi connectivity index (χ2v) is 19.2. The maximum absolute atomic E-state index is 6.51. The molecule has 1 heterocycles. The molecule has 1 aromatic heterocycles. The Bertz CT molecular complexity index is 4130. The Balaban J connectivity index is 0.892. The molecule has 0 atom stereocenters. The van der Waals surface area contributed by atoms with E-state index in [2.05, 4.69) is 278 Å². The van der Waals surface area contributed by atoms with Crippen molar-refractivity contribution in [2.45, 2.75) is 5.41 Å². The van der Waals surface area contributed by atoms with Crippen LogP contribution in [0.25, 0.3) is 88.3 Å². The maximum Gasteiger partial charge on any atom is 0.143 e. The van der Waals surface area contributed by atoms with Gasteiger partial charge in [0, 0.05) is 33.4 Å². The van der Waals surface area contributed by atoms with Crippen LogP contribution in [0.1, 0.15) is 22.3 Å². The fraction of sp³-hybridized carbons (Fsp3) is 0.0141. The Labute approximate surface area is 425 Å². The molecule has 342 valence electrons. The summed E-state index contributed by atoms with van der Waals surface area (Å²) < 4.78 is 6.51. The average molecular weight is 930 g/mol. The number of anilines is 3. The molecule has 12 aromatic carbocycles. The molecule has 13 aromatic rings. The first-order chi connectivity index (χ1) is 36.2. The van der Waals surface area contributed by atoms with Gasteiger partial charge in [-0.3, -0.25) is 0 Å². The van der Waals surface area contributed by atoms with Crippen molar-refractivity contribution < 1.29 is 4.42 Å². The van der Waals surface area contributed by atoms with Crippen molar-refractivity contribution in [3.05, 3.63) is 307 Å². The summed E-state index contributed by atoms with van der Waals surface area (Å²) in [6, 6.07) is 104. The highest BCUT2D eigenvalue weighted by molar-refractivity contribution is 6.09. The maximum atomic E-state index is 6.51. The summed E-state index contributed by atoms with van der Waals surface area (Å²) >= 11 is 0. The van der Waals surface area contributed by atoms with E-state index in [0.29, 0.717) is 0 Å². The summed E-state index contributed by atoms with van der Waals surface area (Å²) in [6.07, 6.45) is 0. The molecule has 0 N–H and O–H groups in total. The Kier molecular flexibility index (Phi) is 10.1. The molecule has 0 bridgehead atoms. The largest absolute Gasteiger partial charge is 0.455 e. The summed E-state index contributed by atoms with van der Waals surface area (Å²) in [6.45, 7) is 0. The zero-order valence-corrected chi connectivity index (χ0v) is 40.0. The van der Waals surface area contributed by atoms with Gasteiger partial charge in [-0.2, -0.15) is 0 Å². The van der Waals surface area contributed by atoms with E-state index in [0.717, 1.165) is 55.7 Å². The highest BCUT2D eigenvalue weighted by atomic mass is 16.3. The van der Waals surface area contributed by atoms with Crippen molar-refractivity contribution in [1.82, 2.24) is 0 Å². The first kappa shape index (κ1) is 42.4. The van der Waals surface area contributed by atoms with E-state index in [9.17, 15) is 0 Å². The van der Waals surface area contributed by atoms with Crippen LogP contribution in [-0.4, -0.2) is 0 Å². The van der Waals surface area contributed by atoms with Gasteiger partial charge in [-0.05, 0) is 138 Å². The predicted octanol–water partition coefficient (Wildman–Crippen LogP) is 19.2. The van der Waals surface area contributed by atoms with E-state index in [1.807, 2.05) is 12.1 Å². The summed E-state index contributed by atoms with van der Waals surface area (Å²) in [5.41, 5.74) is 21.5. The van der Waals surface area contributed by atoms with Crippen molar-refractivity contribution in [2.75, 3.05) is 4.90 Å². The molecule has 1 aliphatic rings. The van der Waals surface area contributed by atoms with E-state index in [-0.39, 0.29) is 0 Å². The lowest BCUT2D eigenvalue weighted by Gasteiger charge is -2.34.